The zero-order valence-corrected chi connectivity index (χ0v) is 5.93. The summed E-state index contributed by atoms with van der Waals surface area (Å²) >= 11 is 0. The minimum absolute atomic E-state index is 0.629. The molecule has 1 atom stereocenters. The Morgan fingerprint density at radius 3 is 2.33 bits per heavy atom. The molecule has 1 unspecified atom stereocenters. The number of aliphatic hydroxyl groups is 1. The molecular formula is C6H16N2O. The lowest BCUT2D eigenvalue weighted by molar-refractivity contribution is 0.0554. The molecule has 0 saturated carbocycles. The number of rotatable bonds is 4. The summed E-state index contributed by atoms with van der Waals surface area (Å²) in [5, 5.41) is 8.98. The van der Waals surface area contributed by atoms with Crippen LogP contribution in [0.3, 0.4) is 0 Å². The summed E-state index contributed by atoms with van der Waals surface area (Å²) in [7, 11) is 0. The van der Waals surface area contributed by atoms with E-state index in [1.54, 1.807) is 6.92 Å². The van der Waals surface area contributed by atoms with Crippen LogP contribution in [0.15, 0.2) is 0 Å². The highest BCUT2D eigenvalue weighted by molar-refractivity contribution is 4.62. The fraction of sp³-hybridized carbons (Fsp3) is 1.00. The van der Waals surface area contributed by atoms with Gasteiger partial charge in [0, 0.05) is 0 Å². The average Bonchev–Trinajstić information content (AvgIpc) is 1.63. The molecule has 0 aromatic heterocycles. The molecule has 0 bridgehead atoms. The SMILES string of the molecule is CC(N)(O)CCCCN. The predicted octanol–water partition coefficient (Wildman–Crippen LogP) is -0.217. The van der Waals surface area contributed by atoms with Gasteiger partial charge in [0.05, 0.1) is 0 Å². The van der Waals surface area contributed by atoms with Crippen molar-refractivity contribution in [3.63, 3.8) is 0 Å². The third-order valence-corrected chi connectivity index (χ3v) is 1.14. The van der Waals surface area contributed by atoms with E-state index in [9.17, 15) is 0 Å². The van der Waals surface area contributed by atoms with Gasteiger partial charge in [-0.05, 0) is 32.7 Å². The standard InChI is InChI=1S/C6H16N2O/c1-6(8,9)4-2-3-5-7/h9H,2-5,7-8H2,1H3. The minimum Gasteiger partial charge on any atom is -0.376 e. The zero-order chi connectivity index (χ0) is 7.33. The first kappa shape index (κ1) is 8.88. The Hall–Kier alpha value is -0.120. The second kappa shape index (κ2) is 3.82. The molecule has 0 fully saturated rings. The van der Waals surface area contributed by atoms with Gasteiger partial charge in [0.1, 0.15) is 5.72 Å². The van der Waals surface area contributed by atoms with Crippen molar-refractivity contribution in [1.82, 2.24) is 0 Å². The summed E-state index contributed by atoms with van der Waals surface area (Å²) in [5.41, 5.74) is 9.52. The largest absolute Gasteiger partial charge is 0.376 e. The van der Waals surface area contributed by atoms with Crippen molar-refractivity contribution in [3.05, 3.63) is 0 Å². The van der Waals surface area contributed by atoms with Crippen molar-refractivity contribution in [3.8, 4) is 0 Å². The number of nitrogens with two attached hydrogens (primary N) is 2. The first-order valence-corrected chi connectivity index (χ1v) is 3.27. The molecule has 3 heteroatoms. The quantitative estimate of drug-likeness (QED) is 0.366. The van der Waals surface area contributed by atoms with E-state index in [1.807, 2.05) is 0 Å². The molecule has 0 aromatic carbocycles. The van der Waals surface area contributed by atoms with E-state index in [1.165, 1.54) is 0 Å². The molecule has 9 heavy (non-hydrogen) atoms. The van der Waals surface area contributed by atoms with Gasteiger partial charge in [-0.1, -0.05) is 0 Å². The van der Waals surface area contributed by atoms with Crippen LogP contribution in [0.2, 0.25) is 0 Å². The summed E-state index contributed by atoms with van der Waals surface area (Å²) in [6.45, 7) is 2.28. The van der Waals surface area contributed by atoms with Gasteiger partial charge in [0.2, 0.25) is 0 Å². The lowest BCUT2D eigenvalue weighted by atomic mass is 10.1. The zero-order valence-electron chi connectivity index (χ0n) is 5.93. The summed E-state index contributed by atoms with van der Waals surface area (Å²) < 4.78 is 0. The van der Waals surface area contributed by atoms with Crippen LogP contribution in [0.5, 0.6) is 0 Å². The first-order valence-electron chi connectivity index (χ1n) is 3.27. The number of hydrogen-bond donors (Lipinski definition) is 3. The Bertz CT molecular complexity index is 67.9. The van der Waals surface area contributed by atoms with Crippen LogP contribution in [-0.2, 0) is 0 Å². The van der Waals surface area contributed by atoms with Gasteiger partial charge in [-0.15, -0.1) is 0 Å². The molecule has 0 aromatic rings. The molecule has 0 saturated heterocycles. The molecule has 5 N–H and O–H groups in total. The van der Waals surface area contributed by atoms with Crippen molar-refractivity contribution in [2.24, 2.45) is 11.5 Å². The van der Waals surface area contributed by atoms with Gasteiger partial charge < -0.3 is 16.6 Å². The van der Waals surface area contributed by atoms with Gasteiger partial charge in [0.25, 0.3) is 0 Å². The Kier molecular flexibility index (Phi) is 3.77. The van der Waals surface area contributed by atoms with Crippen molar-refractivity contribution < 1.29 is 5.11 Å². The maximum atomic E-state index is 8.98. The predicted molar refractivity (Wildman–Crippen MR) is 37.7 cm³/mol. The normalized spacial score (nSPS) is 17.3. The third kappa shape index (κ3) is 7.88. The van der Waals surface area contributed by atoms with Crippen LogP contribution in [0.4, 0.5) is 0 Å². The third-order valence-electron chi connectivity index (χ3n) is 1.14. The fourth-order valence-electron chi connectivity index (χ4n) is 0.627. The summed E-state index contributed by atoms with van der Waals surface area (Å²) in [4.78, 5) is 0. The summed E-state index contributed by atoms with van der Waals surface area (Å²) in [5.74, 6) is 0. The molecule has 56 valence electrons. The average molecular weight is 132 g/mol. The molecule has 0 radical (unpaired) electrons. The summed E-state index contributed by atoms with van der Waals surface area (Å²) in [6.07, 6.45) is 2.47. The molecule has 0 spiro atoms. The van der Waals surface area contributed by atoms with E-state index in [-0.39, 0.29) is 0 Å². The maximum absolute atomic E-state index is 8.98. The van der Waals surface area contributed by atoms with Crippen molar-refractivity contribution >= 4 is 0 Å². The molecule has 0 heterocycles. The van der Waals surface area contributed by atoms with E-state index in [4.69, 9.17) is 16.6 Å². The molecular weight excluding hydrogens is 116 g/mol. The molecule has 0 amide bonds. The van der Waals surface area contributed by atoms with Gasteiger partial charge >= 0.3 is 0 Å². The molecule has 0 aliphatic rings. The number of unbranched alkanes of at least 4 members (excludes halogenated alkanes) is 1. The van der Waals surface area contributed by atoms with Crippen LogP contribution in [0.25, 0.3) is 0 Å². The van der Waals surface area contributed by atoms with Gasteiger partial charge in [-0.2, -0.15) is 0 Å². The van der Waals surface area contributed by atoms with Crippen LogP contribution >= 0.6 is 0 Å². The van der Waals surface area contributed by atoms with E-state index in [2.05, 4.69) is 0 Å². The molecule has 0 aliphatic heterocycles. The second-order valence-electron chi connectivity index (χ2n) is 2.60. The molecule has 0 rings (SSSR count). The van der Waals surface area contributed by atoms with Crippen LogP contribution in [-0.4, -0.2) is 17.4 Å². The maximum Gasteiger partial charge on any atom is 0.110 e. The van der Waals surface area contributed by atoms with Crippen molar-refractivity contribution in [2.45, 2.75) is 31.9 Å². The first-order chi connectivity index (χ1) is 4.06. The molecule has 3 nitrogen and oxygen atoms in total. The van der Waals surface area contributed by atoms with E-state index in [0.717, 1.165) is 12.8 Å². The minimum atomic E-state index is -1.00. The van der Waals surface area contributed by atoms with E-state index < -0.39 is 5.72 Å². The second-order valence-corrected chi connectivity index (χ2v) is 2.60. The Morgan fingerprint density at radius 2 is 2.00 bits per heavy atom. The fourth-order valence-corrected chi connectivity index (χ4v) is 0.627. The van der Waals surface area contributed by atoms with Crippen molar-refractivity contribution in [2.75, 3.05) is 6.54 Å². The van der Waals surface area contributed by atoms with Gasteiger partial charge in [0.15, 0.2) is 0 Å². The Morgan fingerprint density at radius 1 is 1.44 bits per heavy atom. The number of hydrogen-bond acceptors (Lipinski definition) is 3. The highest BCUT2D eigenvalue weighted by Crippen LogP contribution is 2.04. The van der Waals surface area contributed by atoms with Crippen LogP contribution in [0, 0.1) is 0 Å². The highest BCUT2D eigenvalue weighted by Gasteiger charge is 2.10. The topological polar surface area (TPSA) is 72.3 Å². The lowest BCUT2D eigenvalue weighted by Gasteiger charge is -2.15. The summed E-state index contributed by atoms with van der Waals surface area (Å²) in [6, 6.07) is 0. The smallest absolute Gasteiger partial charge is 0.110 e. The lowest BCUT2D eigenvalue weighted by Crippen LogP contribution is -2.35. The van der Waals surface area contributed by atoms with Crippen LogP contribution < -0.4 is 11.5 Å². The van der Waals surface area contributed by atoms with Gasteiger partial charge in [-0.3, -0.25) is 0 Å². The monoisotopic (exact) mass is 132 g/mol. The van der Waals surface area contributed by atoms with Crippen molar-refractivity contribution in [1.29, 1.82) is 0 Å². The Balaban J connectivity index is 3.07. The van der Waals surface area contributed by atoms with Gasteiger partial charge in [-0.25, -0.2) is 0 Å². The highest BCUT2D eigenvalue weighted by atomic mass is 16.3. The Labute approximate surface area is 56.0 Å². The van der Waals surface area contributed by atoms with E-state index >= 15 is 0 Å². The molecule has 0 aliphatic carbocycles. The van der Waals surface area contributed by atoms with Crippen LogP contribution in [0.1, 0.15) is 26.2 Å². The van der Waals surface area contributed by atoms with E-state index in [0.29, 0.717) is 13.0 Å².